The predicted octanol–water partition coefficient (Wildman–Crippen LogP) is -1.73. The first-order chi connectivity index (χ1) is 5.71. The van der Waals surface area contributed by atoms with Crippen LogP contribution in [0.25, 0.3) is 0 Å². The second kappa shape index (κ2) is 5.84. The maximum absolute atomic E-state index is 10.9. The molecule has 0 aromatic heterocycles. The average molecular weight is 190 g/mol. The quantitative estimate of drug-likeness (QED) is 0.392. The summed E-state index contributed by atoms with van der Waals surface area (Å²) in [6, 6.07) is 0. The van der Waals surface area contributed by atoms with E-state index in [2.05, 4.69) is 6.58 Å². The summed E-state index contributed by atoms with van der Waals surface area (Å²) in [5.74, 6) is -0.887. The molecule has 0 unspecified atom stereocenters. The van der Waals surface area contributed by atoms with Gasteiger partial charge in [0, 0.05) is 11.4 Å². The zero-order valence-electron chi connectivity index (χ0n) is 8.34. The van der Waals surface area contributed by atoms with Crippen LogP contribution in [-0.2, 0) is 4.79 Å². The molecule has 1 aliphatic carbocycles. The van der Waals surface area contributed by atoms with Crippen LogP contribution in [0.15, 0.2) is 12.7 Å². The molecule has 0 radical (unpaired) electrons. The summed E-state index contributed by atoms with van der Waals surface area (Å²) >= 11 is 0. The van der Waals surface area contributed by atoms with E-state index in [1.54, 1.807) is 6.08 Å². The van der Waals surface area contributed by atoms with Crippen LogP contribution in [-0.4, -0.2) is 5.97 Å². The summed E-state index contributed by atoms with van der Waals surface area (Å²) in [4.78, 5) is 10.9. The standard InChI is InChI=1S/C10H16O2.Na/c1-2-6-10(9(11)12)7-4-3-5-8-10;/h2H,1,3-8H2,(H,11,12);/q;+1/p-1. The maximum Gasteiger partial charge on any atom is 1.00 e. The molecule has 0 amide bonds. The fraction of sp³-hybridized carbons (Fsp3) is 0.700. The molecule has 0 aromatic rings. The normalized spacial score (nSPS) is 20.0. The van der Waals surface area contributed by atoms with E-state index in [1.165, 1.54) is 0 Å². The van der Waals surface area contributed by atoms with Crippen molar-refractivity contribution in [1.82, 2.24) is 0 Å². The van der Waals surface area contributed by atoms with E-state index < -0.39 is 11.4 Å². The molecule has 0 aromatic carbocycles. The van der Waals surface area contributed by atoms with Gasteiger partial charge in [0.2, 0.25) is 0 Å². The second-order valence-electron chi connectivity index (χ2n) is 3.62. The van der Waals surface area contributed by atoms with Gasteiger partial charge in [-0.2, -0.15) is 0 Å². The molecule has 0 aliphatic heterocycles. The van der Waals surface area contributed by atoms with Crippen molar-refractivity contribution in [3.05, 3.63) is 12.7 Å². The maximum atomic E-state index is 10.9. The van der Waals surface area contributed by atoms with Gasteiger partial charge in [-0.1, -0.05) is 25.3 Å². The van der Waals surface area contributed by atoms with Gasteiger partial charge in [-0.25, -0.2) is 0 Å². The van der Waals surface area contributed by atoms with E-state index in [1.807, 2.05) is 0 Å². The van der Waals surface area contributed by atoms with Gasteiger partial charge in [0.15, 0.2) is 0 Å². The number of carboxylic acid groups (broad SMARTS) is 1. The van der Waals surface area contributed by atoms with Gasteiger partial charge < -0.3 is 9.90 Å². The van der Waals surface area contributed by atoms with Crippen LogP contribution in [0.2, 0.25) is 0 Å². The van der Waals surface area contributed by atoms with Crippen molar-refractivity contribution in [3.8, 4) is 0 Å². The molecule has 1 aliphatic rings. The fourth-order valence-electron chi connectivity index (χ4n) is 2.00. The topological polar surface area (TPSA) is 40.1 Å². The molecular weight excluding hydrogens is 175 g/mol. The summed E-state index contributed by atoms with van der Waals surface area (Å²) in [6.45, 7) is 3.59. The third kappa shape index (κ3) is 3.12. The Kier molecular flexibility index (Phi) is 5.93. The molecule has 0 N–H and O–H groups in total. The van der Waals surface area contributed by atoms with Gasteiger partial charge in [-0.15, -0.1) is 6.58 Å². The molecule has 1 saturated carbocycles. The Morgan fingerprint density at radius 1 is 1.38 bits per heavy atom. The zero-order chi connectivity index (χ0) is 9.03. The first-order valence-electron chi connectivity index (χ1n) is 4.54. The van der Waals surface area contributed by atoms with Crippen molar-refractivity contribution >= 4 is 5.97 Å². The van der Waals surface area contributed by atoms with Gasteiger partial charge >= 0.3 is 29.6 Å². The third-order valence-electron chi connectivity index (χ3n) is 2.78. The number of carboxylic acids is 1. The molecular formula is C10H15NaO2. The van der Waals surface area contributed by atoms with Gasteiger partial charge in [0.25, 0.3) is 0 Å². The minimum Gasteiger partial charge on any atom is -0.550 e. The van der Waals surface area contributed by atoms with Crippen molar-refractivity contribution in [1.29, 1.82) is 0 Å². The second-order valence-corrected chi connectivity index (χ2v) is 3.62. The number of hydrogen-bond acceptors (Lipinski definition) is 2. The summed E-state index contributed by atoms with van der Waals surface area (Å²) in [5.41, 5.74) is -0.583. The largest absolute Gasteiger partial charge is 1.00 e. The molecule has 1 fully saturated rings. The molecule has 0 atom stereocenters. The van der Waals surface area contributed by atoms with Crippen molar-refractivity contribution in [2.75, 3.05) is 0 Å². The van der Waals surface area contributed by atoms with Gasteiger partial charge in [0.1, 0.15) is 0 Å². The average Bonchev–Trinajstić information content (AvgIpc) is 2.06. The van der Waals surface area contributed by atoms with Crippen molar-refractivity contribution in [2.24, 2.45) is 5.41 Å². The van der Waals surface area contributed by atoms with Crippen molar-refractivity contribution in [2.45, 2.75) is 38.5 Å². The SMILES string of the molecule is C=CCC1(C(=O)[O-])CCCCC1.[Na+]. The van der Waals surface area contributed by atoms with E-state index >= 15 is 0 Å². The van der Waals surface area contributed by atoms with Crippen LogP contribution >= 0.6 is 0 Å². The van der Waals surface area contributed by atoms with E-state index in [4.69, 9.17) is 0 Å². The van der Waals surface area contributed by atoms with E-state index in [0.717, 1.165) is 32.1 Å². The van der Waals surface area contributed by atoms with Crippen molar-refractivity contribution in [3.63, 3.8) is 0 Å². The Hall–Kier alpha value is 0.210. The monoisotopic (exact) mass is 190 g/mol. The fourth-order valence-corrected chi connectivity index (χ4v) is 2.00. The summed E-state index contributed by atoms with van der Waals surface area (Å²) in [6.07, 6.45) is 6.98. The number of carbonyl (C=O) groups is 1. The van der Waals surface area contributed by atoms with Gasteiger partial charge in [0.05, 0.1) is 0 Å². The number of hydrogen-bond donors (Lipinski definition) is 0. The Labute approximate surface area is 102 Å². The van der Waals surface area contributed by atoms with E-state index in [0.29, 0.717) is 6.42 Å². The summed E-state index contributed by atoms with van der Waals surface area (Å²) in [7, 11) is 0. The van der Waals surface area contributed by atoms with Gasteiger partial charge in [-0.05, 0) is 19.3 Å². The van der Waals surface area contributed by atoms with E-state index in [9.17, 15) is 9.90 Å². The molecule has 0 heterocycles. The van der Waals surface area contributed by atoms with Crippen LogP contribution in [0.3, 0.4) is 0 Å². The number of carbonyl (C=O) groups excluding carboxylic acids is 1. The van der Waals surface area contributed by atoms with Gasteiger partial charge in [-0.3, -0.25) is 0 Å². The predicted molar refractivity (Wildman–Crippen MR) is 45.3 cm³/mol. The molecule has 0 saturated heterocycles. The van der Waals surface area contributed by atoms with E-state index in [-0.39, 0.29) is 29.6 Å². The molecule has 3 heteroatoms. The third-order valence-corrected chi connectivity index (χ3v) is 2.78. The Bertz CT molecular complexity index is 183. The minimum absolute atomic E-state index is 0. The first-order valence-corrected chi connectivity index (χ1v) is 4.54. The molecule has 2 nitrogen and oxygen atoms in total. The Morgan fingerprint density at radius 3 is 2.31 bits per heavy atom. The smallest absolute Gasteiger partial charge is 0.550 e. The van der Waals surface area contributed by atoms with Crippen molar-refractivity contribution < 1.29 is 39.5 Å². The number of rotatable bonds is 3. The van der Waals surface area contributed by atoms with Crippen LogP contribution < -0.4 is 34.7 Å². The Morgan fingerprint density at radius 2 is 1.92 bits per heavy atom. The summed E-state index contributed by atoms with van der Waals surface area (Å²) < 4.78 is 0. The van der Waals surface area contributed by atoms with Crippen LogP contribution in [0.5, 0.6) is 0 Å². The molecule has 1 rings (SSSR count). The molecule has 0 spiro atoms. The number of aliphatic carboxylic acids is 1. The summed E-state index contributed by atoms with van der Waals surface area (Å²) in [5, 5.41) is 10.9. The number of allylic oxidation sites excluding steroid dienone is 1. The minimum atomic E-state index is -0.887. The molecule has 68 valence electrons. The zero-order valence-corrected chi connectivity index (χ0v) is 10.3. The molecule has 0 bridgehead atoms. The molecule has 13 heavy (non-hydrogen) atoms. The first kappa shape index (κ1) is 13.2. The van der Waals surface area contributed by atoms with Crippen LogP contribution in [0.4, 0.5) is 0 Å². The van der Waals surface area contributed by atoms with Crippen LogP contribution in [0.1, 0.15) is 38.5 Å². The Balaban J connectivity index is 0.00000144. The van der Waals surface area contributed by atoms with Crippen LogP contribution in [0, 0.1) is 5.41 Å².